The number of hydrogen-bond acceptors (Lipinski definition) is 5. The summed E-state index contributed by atoms with van der Waals surface area (Å²) in [7, 11) is 0. The van der Waals surface area contributed by atoms with E-state index >= 15 is 0 Å². The maximum absolute atomic E-state index is 4.68. The summed E-state index contributed by atoms with van der Waals surface area (Å²) >= 11 is 0. The molecule has 6 heteroatoms. The van der Waals surface area contributed by atoms with E-state index in [9.17, 15) is 0 Å². The number of aryl methyl sites for hydroxylation is 1. The molecule has 0 amide bonds. The molecule has 0 spiro atoms. The van der Waals surface area contributed by atoms with Crippen molar-refractivity contribution >= 4 is 28.4 Å². The molecular weight excluding hydrogens is 288 g/mol. The van der Waals surface area contributed by atoms with Gasteiger partial charge in [-0.25, -0.2) is 4.98 Å². The highest BCUT2D eigenvalue weighted by atomic mass is 15.1. The first-order valence-corrected chi connectivity index (χ1v) is 7.66. The summed E-state index contributed by atoms with van der Waals surface area (Å²) in [4.78, 5) is 21.2. The van der Waals surface area contributed by atoms with Crippen LogP contribution in [0.3, 0.4) is 0 Å². The number of nitrogens with one attached hydrogen (secondary N) is 2. The molecule has 6 nitrogen and oxygen atoms in total. The lowest BCUT2D eigenvalue weighted by Gasteiger charge is -2.05. The van der Waals surface area contributed by atoms with Gasteiger partial charge in [0.15, 0.2) is 0 Å². The monoisotopic (exact) mass is 308 g/mol. The Kier molecular flexibility index (Phi) is 4.06. The molecule has 3 rings (SSSR count). The number of rotatable bonds is 4. The molecule has 0 unspecified atom stereocenters. The van der Waals surface area contributed by atoms with Crippen LogP contribution in [-0.4, -0.2) is 32.2 Å². The van der Waals surface area contributed by atoms with Crippen molar-refractivity contribution in [3.05, 3.63) is 30.2 Å². The summed E-state index contributed by atoms with van der Waals surface area (Å²) in [6.45, 7) is 8.74. The second kappa shape index (κ2) is 6.16. The van der Waals surface area contributed by atoms with Crippen molar-refractivity contribution in [2.75, 3.05) is 11.9 Å². The minimum atomic E-state index is 0.626. The van der Waals surface area contributed by atoms with Gasteiger partial charge in [-0.1, -0.05) is 0 Å². The molecule has 0 aromatic carbocycles. The van der Waals surface area contributed by atoms with Gasteiger partial charge in [0.2, 0.25) is 5.95 Å². The van der Waals surface area contributed by atoms with Gasteiger partial charge in [0, 0.05) is 35.6 Å². The zero-order valence-corrected chi connectivity index (χ0v) is 13.8. The number of hydrogen-bond donors (Lipinski definition) is 2. The largest absolute Gasteiger partial charge is 0.354 e. The number of fused-ring (bicyclic) bond motifs is 1. The molecule has 0 aliphatic carbocycles. The van der Waals surface area contributed by atoms with E-state index in [-0.39, 0.29) is 0 Å². The molecule has 0 radical (unpaired) electrons. The van der Waals surface area contributed by atoms with Crippen LogP contribution in [0.4, 0.5) is 11.6 Å². The Hall–Kier alpha value is -2.76. The van der Waals surface area contributed by atoms with E-state index in [1.807, 2.05) is 52.2 Å². The van der Waals surface area contributed by atoms with E-state index in [0.717, 1.165) is 45.9 Å². The minimum Gasteiger partial charge on any atom is -0.354 e. The van der Waals surface area contributed by atoms with Gasteiger partial charge in [0.1, 0.15) is 5.65 Å². The van der Waals surface area contributed by atoms with Crippen LogP contribution in [0.2, 0.25) is 0 Å². The van der Waals surface area contributed by atoms with Gasteiger partial charge in [-0.05, 0) is 39.8 Å². The van der Waals surface area contributed by atoms with Gasteiger partial charge >= 0.3 is 0 Å². The Morgan fingerprint density at radius 2 is 2.09 bits per heavy atom. The van der Waals surface area contributed by atoms with Crippen LogP contribution in [0.15, 0.2) is 29.5 Å². The maximum atomic E-state index is 4.68. The van der Waals surface area contributed by atoms with E-state index in [0.29, 0.717) is 5.95 Å². The summed E-state index contributed by atoms with van der Waals surface area (Å²) in [6.07, 6.45) is 3.75. The fourth-order valence-electron chi connectivity index (χ4n) is 2.43. The number of aromatic nitrogens is 4. The predicted octanol–water partition coefficient (Wildman–Crippen LogP) is 3.87. The van der Waals surface area contributed by atoms with E-state index in [1.54, 1.807) is 0 Å². The van der Waals surface area contributed by atoms with Gasteiger partial charge in [0.25, 0.3) is 0 Å². The standard InChI is InChI=1S/C17H20N6/c1-5-18-17-20-9-13-12(8-19-16(13)23-17)15-7-6-14(11(4)22-15)21-10(2)3/h6-9H,5H2,1-4H3,(H2,18,19,20,23). The molecular formula is C17H20N6. The van der Waals surface area contributed by atoms with Crippen LogP contribution in [-0.2, 0) is 0 Å². The number of aromatic amines is 1. The third-order valence-electron chi connectivity index (χ3n) is 3.44. The van der Waals surface area contributed by atoms with Gasteiger partial charge in [-0.3, -0.25) is 9.98 Å². The Bertz CT molecular complexity index is 874. The van der Waals surface area contributed by atoms with Crippen molar-refractivity contribution in [2.24, 2.45) is 4.99 Å². The maximum Gasteiger partial charge on any atom is 0.224 e. The predicted molar refractivity (Wildman–Crippen MR) is 94.5 cm³/mol. The average molecular weight is 308 g/mol. The van der Waals surface area contributed by atoms with Crippen molar-refractivity contribution in [3.63, 3.8) is 0 Å². The van der Waals surface area contributed by atoms with Gasteiger partial charge in [0.05, 0.1) is 17.1 Å². The molecule has 23 heavy (non-hydrogen) atoms. The first-order valence-electron chi connectivity index (χ1n) is 7.66. The molecule has 0 aliphatic rings. The van der Waals surface area contributed by atoms with E-state index in [4.69, 9.17) is 0 Å². The SMILES string of the molecule is CCNc1ncc2c(-c3ccc(N=C(C)C)c(C)n3)c[nH]c2n1. The van der Waals surface area contributed by atoms with Crippen molar-refractivity contribution in [1.82, 2.24) is 19.9 Å². The lowest BCUT2D eigenvalue weighted by atomic mass is 10.1. The fraction of sp³-hybridized carbons (Fsp3) is 0.294. The van der Waals surface area contributed by atoms with Crippen molar-refractivity contribution in [3.8, 4) is 11.3 Å². The number of aliphatic imine (C=N–C) groups is 1. The third-order valence-corrected chi connectivity index (χ3v) is 3.44. The molecule has 0 fully saturated rings. The second-order valence-corrected chi connectivity index (χ2v) is 5.55. The molecule has 3 aromatic rings. The fourth-order valence-corrected chi connectivity index (χ4v) is 2.43. The molecule has 0 saturated heterocycles. The second-order valence-electron chi connectivity index (χ2n) is 5.55. The first-order chi connectivity index (χ1) is 11.1. The van der Waals surface area contributed by atoms with Crippen LogP contribution in [0.5, 0.6) is 0 Å². The number of nitrogens with zero attached hydrogens (tertiary/aromatic N) is 4. The summed E-state index contributed by atoms with van der Waals surface area (Å²) in [5.41, 5.74) is 5.51. The topological polar surface area (TPSA) is 78.9 Å². The smallest absolute Gasteiger partial charge is 0.224 e. The van der Waals surface area contributed by atoms with Gasteiger partial charge < -0.3 is 10.3 Å². The molecule has 118 valence electrons. The normalized spacial score (nSPS) is 10.8. The van der Waals surface area contributed by atoms with Crippen LogP contribution in [0, 0.1) is 6.92 Å². The molecule has 3 aromatic heterocycles. The average Bonchev–Trinajstić information content (AvgIpc) is 2.92. The quantitative estimate of drug-likeness (QED) is 0.717. The Morgan fingerprint density at radius 3 is 2.78 bits per heavy atom. The van der Waals surface area contributed by atoms with E-state index < -0.39 is 0 Å². The van der Waals surface area contributed by atoms with Gasteiger partial charge in [-0.15, -0.1) is 0 Å². The van der Waals surface area contributed by atoms with Gasteiger partial charge in [-0.2, -0.15) is 4.98 Å². The number of pyridine rings is 1. The zero-order chi connectivity index (χ0) is 16.4. The summed E-state index contributed by atoms with van der Waals surface area (Å²) in [5.74, 6) is 0.626. The van der Waals surface area contributed by atoms with Crippen LogP contribution >= 0.6 is 0 Å². The lowest BCUT2D eigenvalue weighted by molar-refractivity contribution is 1.10. The summed E-state index contributed by atoms with van der Waals surface area (Å²) < 4.78 is 0. The van der Waals surface area contributed by atoms with Crippen LogP contribution < -0.4 is 5.32 Å². The molecule has 0 aliphatic heterocycles. The Morgan fingerprint density at radius 1 is 1.26 bits per heavy atom. The van der Waals surface area contributed by atoms with Crippen molar-refractivity contribution in [2.45, 2.75) is 27.7 Å². The highest BCUT2D eigenvalue weighted by molar-refractivity contribution is 5.92. The number of H-pyrrole nitrogens is 1. The molecule has 0 saturated carbocycles. The third kappa shape index (κ3) is 3.06. The van der Waals surface area contributed by atoms with Crippen LogP contribution in [0.1, 0.15) is 26.5 Å². The van der Waals surface area contributed by atoms with Crippen molar-refractivity contribution in [1.29, 1.82) is 0 Å². The molecule has 0 atom stereocenters. The van der Waals surface area contributed by atoms with Crippen molar-refractivity contribution < 1.29 is 0 Å². The van der Waals surface area contributed by atoms with Crippen LogP contribution in [0.25, 0.3) is 22.3 Å². The first kappa shape index (κ1) is 15.1. The summed E-state index contributed by atoms with van der Waals surface area (Å²) in [6, 6.07) is 3.98. The Balaban J connectivity index is 2.03. The van der Waals surface area contributed by atoms with E-state index in [2.05, 4.69) is 30.2 Å². The molecule has 3 heterocycles. The Labute approximate surface area is 135 Å². The highest BCUT2D eigenvalue weighted by Gasteiger charge is 2.11. The van der Waals surface area contributed by atoms with E-state index in [1.165, 1.54) is 0 Å². The zero-order valence-electron chi connectivity index (χ0n) is 13.8. The molecule has 0 bridgehead atoms. The number of anilines is 1. The summed E-state index contributed by atoms with van der Waals surface area (Å²) in [5, 5.41) is 4.07. The lowest BCUT2D eigenvalue weighted by Crippen LogP contribution is -2.01. The highest BCUT2D eigenvalue weighted by Crippen LogP contribution is 2.29. The minimum absolute atomic E-state index is 0.626. The molecule has 2 N–H and O–H groups in total.